The number of hydrogen-bond acceptors (Lipinski definition) is 4. The maximum atomic E-state index is 12.7. The molecule has 2 aromatic carbocycles. The van der Waals surface area contributed by atoms with Crippen LogP contribution >= 0.6 is 0 Å². The van der Waals surface area contributed by atoms with Gasteiger partial charge in [-0.3, -0.25) is 19.3 Å². The highest BCUT2D eigenvalue weighted by Gasteiger charge is 2.40. The molecule has 0 bridgehead atoms. The number of aryl methyl sites for hydroxylation is 1. The predicted octanol–water partition coefficient (Wildman–Crippen LogP) is 2.95. The van der Waals surface area contributed by atoms with Gasteiger partial charge in [-0.05, 0) is 48.6 Å². The number of amides is 3. The van der Waals surface area contributed by atoms with E-state index in [0.29, 0.717) is 24.2 Å². The summed E-state index contributed by atoms with van der Waals surface area (Å²) in [5.74, 6) is -0.771. The smallest absolute Gasteiger partial charge is 0.277 e. The Morgan fingerprint density at radius 1 is 1.03 bits per heavy atom. The van der Waals surface area contributed by atoms with Gasteiger partial charge >= 0.3 is 0 Å². The number of anilines is 1. The van der Waals surface area contributed by atoms with E-state index in [1.54, 1.807) is 4.90 Å². The number of nitrogens with zero attached hydrogens (tertiary/aromatic N) is 2. The molecule has 0 fully saturated rings. The molecule has 2 aliphatic rings. The summed E-state index contributed by atoms with van der Waals surface area (Å²) in [7, 11) is 1.49. The Morgan fingerprint density at radius 2 is 1.79 bits per heavy atom. The number of hydrogen-bond donors (Lipinski definition) is 1. The van der Waals surface area contributed by atoms with Gasteiger partial charge in [-0.25, -0.2) is 0 Å². The molecule has 0 aliphatic carbocycles. The van der Waals surface area contributed by atoms with Gasteiger partial charge in [-0.2, -0.15) is 0 Å². The summed E-state index contributed by atoms with van der Waals surface area (Å²) in [5, 5.41) is 2.94. The predicted molar refractivity (Wildman–Crippen MR) is 111 cm³/mol. The van der Waals surface area contributed by atoms with Crippen molar-refractivity contribution in [2.45, 2.75) is 19.8 Å². The van der Waals surface area contributed by atoms with Crippen LogP contribution in [0.4, 0.5) is 5.69 Å². The van der Waals surface area contributed by atoms with Crippen molar-refractivity contribution in [3.63, 3.8) is 0 Å². The topological polar surface area (TPSA) is 69.7 Å². The SMILES string of the molecule is Cc1cc(-c2ccccc2)ccc1NC(=O)CN1CCCC2=C1C(=O)N(C)C2=O. The average molecular weight is 389 g/mol. The van der Waals surface area contributed by atoms with Gasteiger partial charge < -0.3 is 10.2 Å². The van der Waals surface area contributed by atoms with Crippen LogP contribution in [0.3, 0.4) is 0 Å². The van der Waals surface area contributed by atoms with Crippen LogP contribution in [0.25, 0.3) is 11.1 Å². The molecular weight excluding hydrogens is 366 g/mol. The van der Waals surface area contributed by atoms with Gasteiger partial charge in [-0.15, -0.1) is 0 Å². The van der Waals surface area contributed by atoms with Gasteiger partial charge in [0.05, 0.1) is 6.54 Å². The second-order valence-electron chi connectivity index (χ2n) is 7.47. The average Bonchev–Trinajstić information content (AvgIpc) is 2.95. The number of imide groups is 1. The van der Waals surface area contributed by atoms with Gasteiger partial charge in [-0.1, -0.05) is 36.4 Å². The molecule has 6 heteroatoms. The Kier molecular flexibility index (Phi) is 4.92. The number of rotatable bonds is 4. The van der Waals surface area contributed by atoms with Crippen molar-refractivity contribution in [3.05, 3.63) is 65.4 Å². The molecule has 1 N–H and O–H groups in total. The Balaban J connectivity index is 1.48. The molecule has 0 unspecified atom stereocenters. The Labute approximate surface area is 169 Å². The fourth-order valence-electron chi connectivity index (χ4n) is 3.93. The zero-order chi connectivity index (χ0) is 20.5. The lowest BCUT2D eigenvalue weighted by Gasteiger charge is -2.28. The van der Waals surface area contributed by atoms with Crippen LogP contribution in [-0.4, -0.2) is 47.7 Å². The molecule has 0 atom stereocenters. The van der Waals surface area contributed by atoms with Gasteiger partial charge in [0.25, 0.3) is 11.8 Å². The molecule has 0 radical (unpaired) electrons. The van der Waals surface area contributed by atoms with Crippen molar-refractivity contribution < 1.29 is 14.4 Å². The first kappa shape index (κ1) is 18.9. The molecule has 0 aromatic heterocycles. The molecule has 0 saturated carbocycles. The highest BCUT2D eigenvalue weighted by Crippen LogP contribution is 2.30. The summed E-state index contributed by atoms with van der Waals surface area (Å²) in [6, 6.07) is 16.0. The third-order valence-corrected chi connectivity index (χ3v) is 5.47. The van der Waals surface area contributed by atoms with Crippen molar-refractivity contribution in [2.24, 2.45) is 0 Å². The van der Waals surface area contributed by atoms with Crippen molar-refractivity contribution in [2.75, 3.05) is 25.5 Å². The molecule has 29 heavy (non-hydrogen) atoms. The highest BCUT2D eigenvalue weighted by atomic mass is 16.2. The summed E-state index contributed by atoms with van der Waals surface area (Å²) in [5.41, 5.74) is 4.83. The van der Waals surface area contributed by atoms with Crippen LogP contribution in [0.1, 0.15) is 18.4 Å². The molecule has 3 amide bonds. The lowest BCUT2D eigenvalue weighted by Crippen LogP contribution is -2.38. The van der Waals surface area contributed by atoms with E-state index in [-0.39, 0.29) is 24.3 Å². The standard InChI is InChI=1S/C23H23N3O3/c1-15-13-17(16-7-4-3-5-8-16)10-11-19(15)24-20(27)14-26-12-6-9-18-21(26)23(29)25(2)22(18)28/h3-5,7-8,10-11,13H,6,9,12,14H2,1-2H3,(H,24,27). The number of benzene rings is 2. The number of nitrogens with one attached hydrogen (secondary N) is 1. The first-order valence-corrected chi connectivity index (χ1v) is 9.72. The van der Waals surface area contributed by atoms with Crippen molar-refractivity contribution in [3.8, 4) is 11.1 Å². The zero-order valence-corrected chi connectivity index (χ0v) is 16.6. The van der Waals surface area contributed by atoms with E-state index in [1.807, 2.05) is 55.5 Å². The molecule has 2 aromatic rings. The summed E-state index contributed by atoms with van der Waals surface area (Å²) in [6.45, 7) is 2.59. The van der Waals surface area contributed by atoms with Crippen molar-refractivity contribution in [1.82, 2.24) is 9.80 Å². The number of likely N-dealkylation sites (N-methyl/N-ethyl adjacent to an activating group) is 1. The van der Waals surface area contributed by atoms with Gasteiger partial charge in [0.15, 0.2) is 0 Å². The van der Waals surface area contributed by atoms with Crippen LogP contribution in [0.5, 0.6) is 0 Å². The molecule has 4 rings (SSSR count). The molecule has 0 spiro atoms. The van der Waals surface area contributed by atoms with Crippen molar-refractivity contribution >= 4 is 23.4 Å². The van der Waals surface area contributed by atoms with Crippen LogP contribution in [0.15, 0.2) is 59.8 Å². The fraction of sp³-hybridized carbons (Fsp3) is 0.261. The van der Waals surface area contributed by atoms with Gasteiger partial charge in [0, 0.05) is 24.9 Å². The molecule has 0 saturated heterocycles. The maximum absolute atomic E-state index is 12.7. The van der Waals surface area contributed by atoms with Crippen LogP contribution < -0.4 is 5.32 Å². The van der Waals surface area contributed by atoms with Crippen LogP contribution in [-0.2, 0) is 14.4 Å². The largest absolute Gasteiger partial charge is 0.357 e. The third kappa shape index (κ3) is 3.53. The van der Waals surface area contributed by atoms with E-state index < -0.39 is 0 Å². The minimum absolute atomic E-state index is 0.0472. The summed E-state index contributed by atoms with van der Waals surface area (Å²) < 4.78 is 0. The van der Waals surface area contributed by atoms with E-state index >= 15 is 0 Å². The monoisotopic (exact) mass is 389 g/mol. The second kappa shape index (κ2) is 7.54. The first-order chi connectivity index (χ1) is 14.0. The Hall–Kier alpha value is -3.41. The van der Waals surface area contributed by atoms with Gasteiger partial charge in [0.2, 0.25) is 5.91 Å². The van der Waals surface area contributed by atoms with Gasteiger partial charge in [0.1, 0.15) is 5.70 Å². The fourth-order valence-corrected chi connectivity index (χ4v) is 3.93. The van der Waals surface area contributed by atoms with E-state index in [4.69, 9.17) is 0 Å². The number of carbonyl (C=O) groups is 3. The second-order valence-corrected chi connectivity index (χ2v) is 7.47. The molecule has 2 aliphatic heterocycles. The number of carbonyl (C=O) groups excluding carboxylic acids is 3. The Morgan fingerprint density at radius 3 is 2.52 bits per heavy atom. The lowest BCUT2D eigenvalue weighted by molar-refractivity contribution is -0.136. The summed E-state index contributed by atoms with van der Waals surface area (Å²) in [6.07, 6.45) is 1.34. The molecule has 6 nitrogen and oxygen atoms in total. The van der Waals surface area contributed by atoms with E-state index in [2.05, 4.69) is 5.32 Å². The van der Waals surface area contributed by atoms with E-state index in [0.717, 1.165) is 33.7 Å². The Bertz CT molecular complexity index is 1030. The lowest BCUT2D eigenvalue weighted by atomic mass is 10.0. The van der Waals surface area contributed by atoms with Crippen molar-refractivity contribution in [1.29, 1.82) is 0 Å². The molecule has 2 heterocycles. The minimum atomic E-state index is -0.319. The van der Waals surface area contributed by atoms with E-state index in [9.17, 15) is 14.4 Å². The maximum Gasteiger partial charge on any atom is 0.277 e. The normalized spacial score (nSPS) is 16.3. The minimum Gasteiger partial charge on any atom is -0.357 e. The molecular formula is C23H23N3O3. The summed E-state index contributed by atoms with van der Waals surface area (Å²) in [4.78, 5) is 40.1. The first-order valence-electron chi connectivity index (χ1n) is 9.72. The third-order valence-electron chi connectivity index (χ3n) is 5.47. The van der Waals surface area contributed by atoms with E-state index in [1.165, 1.54) is 7.05 Å². The van der Waals surface area contributed by atoms with Crippen LogP contribution in [0.2, 0.25) is 0 Å². The quantitative estimate of drug-likeness (QED) is 0.817. The van der Waals surface area contributed by atoms with Crippen LogP contribution in [0, 0.1) is 6.92 Å². The molecule has 148 valence electrons. The zero-order valence-electron chi connectivity index (χ0n) is 16.6. The summed E-state index contributed by atoms with van der Waals surface area (Å²) >= 11 is 0. The highest BCUT2D eigenvalue weighted by molar-refractivity contribution is 6.19.